The normalized spacial score (nSPS) is 11.6. The predicted octanol–water partition coefficient (Wildman–Crippen LogP) is 38.7. The molecule has 2 nitrogen and oxygen atoms in total. The molecule has 0 radical (unpaired) electrons. The second-order valence-electron chi connectivity index (χ2n) is 36.1. The lowest BCUT2D eigenvalue weighted by Gasteiger charge is -2.20. The highest BCUT2D eigenvalue weighted by atomic mass is 16.3. The zero-order valence-corrected chi connectivity index (χ0v) is 75.5. The lowest BCUT2D eigenvalue weighted by molar-refractivity contribution is 0.668. The number of hydrogen-bond acceptors (Lipinski definition) is 2. The van der Waals surface area contributed by atoms with Gasteiger partial charge in [0.2, 0.25) is 0 Å². The van der Waals surface area contributed by atoms with Crippen molar-refractivity contribution in [3.05, 3.63) is 522 Å². The molecule has 28 rings (SSSR count). The van der Waals surface area contributed by atoms with Crippen molar-refractivity contribution in [2.45, 2.75) is 0 Å². The van der Waals surface area contributed by atoms with E-state index in [1.165, 1.54) is 230 Å². The van der Waals surface area contributed by atoms with Gasteiger partial charge in [-0.05, 0) is 280 Å². The second-order valence-corrected chi connectivity index (χ2v) is 36.1. The van der Waals surface area contributed by atoms with Crippen LogP contribution in [-0.4, -0.2) is 0 Å². The van der Waals surface area contributed by atoms with Gasteiger partial charge in [0.1, 0.15) is 22.3 Å². The molecule has 26 aromatic carbocycles. The van der Waals surface area contributed by atoms with E-state index in [1.54, 1.807) is 0 Å². The molecule has 2 heterocycles. The van der Waals surface area contributed by atoms with E-state index in [0.717, 1.165) is 43.9 Å². The third kappa shape index (κ3) is 13.9. The molecular weight excluding hydrogens is 1670 g/mol. The maximum Gasteiger partial charge on any atom is 0.136 e. The Labute approximate surface area is 798 Å². The topological polar surface area (TPSA) is 26.3 Å². The summed E-state index contributed by atoms with van der Waals surface area (Å²) in [5.41, 5.74) is 30.4. The molecule has 0 saturated carbocycles. The van der Waals surface area contributed by atoms with Crippen LogP contribution in [0.25, 0.3) is 274 Å². The zero-order valence-electron chi connectivity index (χ0n) is 75.5. The highest BCUT2D eigenvalue weighted by Crippen LogP contribution is 2.54. The van der Waals surface area contributed by atoms with E-state index >= 15 is 0 Å². The van der Waals surface area contributed by atoms with Gasteiger partial charge in [0.25, 0.3) is 0 Å². The first-order valence-corrected chi connectivity index (χ1v) is 47.6. The summed E-state index contributed by atoms with van der Waals surface area (Å²) in [4.78, 5) is 0. The van der Waals surface area contributed by atoms with E-state index < -0.39 is 0 Å². The Morgan fingerprint density at radius 1 is 0.101 bits per heavy atom. The molecule has 642 valence electrons. The number of furan rings is 2. The molecule has 0 amide bonds. The van der Waals surface area contributed by atoms with Crippen LogP contribution >= 0.6 is 0 Å². The first-order valence-electron chi connectivity index (χ1n) is 47.6. The molecule has 0 N–H and O–H groups in total. The minimum Gasteiger partial charge on any atom is -0.456 e. The Morgan fingerprint density at radius 2 is 0.384 bits per heavy atom. The van der Waals surface area contributed by atoms with Crippen LogP contribution in [-0.2, 0) is 0 Å². The minimum absolute atomic E-state index is 0.882. The van der Waals surface area contributed by atoms with Crippen LogP contribution in [0.4, 0.5) is 0 Å². The first-order chi connectivity index (χ1) is 68.5. The Kier molecular flexibility index (Phi) is 20.0. The lowest BCUT2D eigenvalue weighted by atomic mass is 9.82. The van der Waals surface area contributed by atoms with E-state index in [4.69, 9.17) is 8.83 Å². The summed E-state index contributed by atoms with van der Waals surface area (Å²) in [6, 6.07) is 189. The van der Waals surface area contributed by atoms with Gasteiger partial charge in [-0.25, -0.2) is 0 Å². The molecule has 0 unspecified atom stereocenters. The van der Waals surface area contributed by atoms with Crippen molar-refractivity contribution < 1.29 is 8.83 Å². The van der Waals surface area contributed by atoms with E-state index in [0.29, 0.717) is 0 Å². The fourth-order valence-electron chi connectivity index (χ4n) is 22.3. The third-order valence-corrected chi connectivity index (χ3v) is 28.3. The van der Waals surface area contributed by atoms with Gasteiger partial charge in [-0.15, -0.1) is 0 Å². The molecule has 0 fully saturated rings. The molecule has 0 bridgehead atoms. The molecule has 0 aliphatic heterocycles. The zero-order chi connectivity index (χ0) is 91.1. The van der Waals surface area contributed by atoms with E-state index in [9.17, 15) is 0 Å². The van der Waals surface area contributed by atoms with Crippen LogP contribution in [0, 0.1) is 0 Å². The standard InChI is InChI=1S/C54H34O.C52H32O.C30H20/c1-4-16-35(17-5-1)38-28-30-49-48(33-38)54-50(55-49)31-29-42(36-18-6-2-7-19-36)53(54)47-34-40(32-39-22-10-11-23-41(39)47)52-45-26-14-12-24-43(45)51(37-20-8-3-9-21-37)44-25-13-15-27-46(44)52;1-2-15-34(16-3-1)39-29-30-48-52(45-26-12-13-28-47(45)53-48)51(39)46-32-36(31-35-18-5-7-21-38(35)46)49-41-22-8-10-24-43(41)50(44-25-11-9-23-42(44)49)40-27-14-19-33-17-4-6-20-37(33)40;1-2-11-22(12-3-1)29-25-14-6-8-16-27(25)30(28-17-9-7-15-26(28)29)24-19-18-21-10-4-5-13-23(21)20-24/h1-34H;1-32H;1-20H. The fourth-order valence-corrected chi connectivity index (χ4v) is 22.3. The fraction of sp³-hybridized carbons (Fsp3) is 0. The van der Waals surface area contributed by atoms with Gasteiger partial charge in [0.05, 0.1) is 0 Å². The summed E-state index contributed by atoms with van der Waals surface area (Å²) in [6.45, 7) is 0. The van der Waals surface area contributed by atoms with Crippen LogP contribution in [0.5, 0.6) is 0 Å². The largest absolute Gasteiger partial charge is 0.456 e. The Morgan fingerprint density at radius 3 is 0.812 bits per heavy atom. The first kappa shape index (κ1) is 80.8. The van der Waals surface area contributed by atoms with Crippen LogP contribution in [0.1, 0.15) is 0 Å². The quantitative estimate of drug-likeness (QED) is 0.121. The van der Waals surface area contributed by atoms with Crippen LogP contribution in [0.2, 0.25) is 0 Å². The van der Waals surface area contributed by atoms with Gasteiger partial charge < -0.3 is 8.83 Å². The second kappa shape index (κ2) is 34.2. The molecule has 28 aromatic rings. The maximum atomic E-state index is 6.69. The van der Waals surface area contributed by atoms with Gasteiger partial charge >= 0.3 is 0 Å². The van der Waals surface area contributed by atoms with Gasteiger partial charge in [-0.1, -0.05) is 461 Å². The number of rotatable bonds is 11. The van der Waals surface area contributed by atoms with Crippen molar-refractivity contribution in [2.24, 2.45) is 0 Å². The van der Waals surface area contributed by atoms with Crippen LogP contribution in [0.3, 0.4) is 0 Å². The molecule has 138 heavy (non-hydrogen) atoms. The van der Waals surface area contributed by atoms with E-state index in [1.807, 2.05) is 0 Å². The summed E-state index contributed by atoms with van der Waals surface area (Å²) in [5, 5.41) is 29.5. The summed E-state index contributed by atoms with van der Waals surface area (Å²) in [6.07, 6.45) is 0. The number of para-hydroxylation sites is 1. The summed E-state index contributed by atoms with van der Waals surface area (Å²) in [7, 11) is 0. The highest BCUT2D eigenvalue weighted by molar-refractivity contribution is 6.29. The van der Waals surface area contributed by atoms with Crippen molar-refractivity contribution in [3.8, 4) is 122 Å². The van der Waals surface area contributed by atoms with Gasteiger partial charge in [-0.2, -0.15) is 0 Å². The van der Waals surface area contributed by atoms with Crippen molar-refractivity contribution in [2.75, 3.05) is 0 Å². The summed E-state index contributed by atoms with van der Waals surface area (Å²) < 4.78 is 13.2. The number of hydrogen-bond donors (Lipinski definition) is 0. The number of fused-ring (bicyclic) bond motifs is 16. The molecule has 0 aliphatic rings. The maximum absolute atomic E-state index is 6.69. The van der Waals surface area contributed by atoms with E-state index in [-0.39, 0.29) is 0 Å². The predicted molar refractivity (Wildman–Crippen MR) is 589 cm³/mol. The Bertz CT molecular complexity index is 9510. The Hall–Kier alpha value is -18.1. The summed E-state index contributed by atoms with van der Waals surface area (Å²) in [5.74, 6) is 0. The number of benzene rings is 26. The molecule has 2 heteroatoms. The van der Waals surface area contributed by atoms with Crippen molar-refractivity contribution >= 4 is 152 Å². The average Bonchev–Trinajstić information content (AvgIpc) is 1.16. The van der Waals surface area contributed by atoms with Crippen LogP contribution in [0.15, 0.2) is 531 Å². The van der Waals surface area contributed by atoms with Crippen LogP contribution < -0.4 is 0 Å². The van der Waals surface area contributed by atoms with Gasteiger partial charge in [-0.3, -0.25) is 0 Å². The Balaban J connectivity index is 0.000000112. The highest BCUT2D eigenvalue weighted by Gasteiger charge is 2.28. The molecular formula is C136H86O2. The molecule has 0 atom stereocenters. The van der Waals surface area contributed by atoms with Crippen molar-refractivity contribution in [3.63, 3.8) is 0 Å². The third-order valence-electron chi connectivity index (χ3n) is 28.3. The average molecular weight is 1750 g/mol. The molecule has 0 spiro atoms. The SMILES string of the molecule is c1ccc(-c2c3ccccc3c(-c3ccc4ccccc4c3)c3ccccc23)cc1.c1ccc(-c2ccc3oc4ccc(-c5ccccc5)c(-c5cc(-c6c7ccccc7c(-c7ccccc7)c7ccccc67)cc6ccccc56)c4c3c2)cc1.c1ccc(-c2ccc3oc4ccccc4c3c2-c2cc(-c3c4ccccc4c(-c4cccc5ccccc45)c4ccccc34)cc3ccccc23)cc1. The minimum atomic E-state index is 0.882. The molecule has 0 aliphatic carbocycles. The molecule has 2 aromatic heterocycles. The molecule has 0 saturated heterocycles. The van der Waals surface area contributed by atoms with Gasteiger partial charge in [0, 0.05) is 32.7 Å². The van der Waals surface area contributed by atoms with Crippen molar-refractivity contribution in [1.82, 2.24) is 0 Å². The lowest BCUT2D eigenvalue weighted by Crippen LogP contribution is -1.93. The van der Waals surface area contributed by atoms with E-state index in [2.05, 4.69) is 522 Å². The van der Waals surface area contributed by atoms with Crippen molar-refractivity contribution in [1.29, 1.82) is 0 Å². The van der Waals surface area contributed by atoms with Gasteiger partial charge in [0.15, 0.2) is 0 Å². The smallest absolute Gasteiger partial charge is 0.136 e. The summed E-state index contributed by atoms with van der Waals surface area (Å²) >= 11 is 0. The monoisotopic (exact) mass is 1750 g/mol.